The molecule has 1 saturated heterocycles. The highest BCUT2D eigenvalue weighted by Gasteiger charge is 2.32. The fraction of sp³-hybridized carbons (Fsp3) is 0.571. The number of ether oxygens (including phenoxy) is 1. The van der Waals surface area contributed by atoms with Crippen LogP contribution in [-0.4, -0.2) is 19.1 Å². The molecule has 17 heavy (non-hydrogen) atoms. The van der Waals surface area contributed by atoms with Crippen molar-refractivity contribution in [3.63, 3.8) is 0 Å². The summed E-state index contributed by atoms with van der Waals surface area (Å²) in [7, 11) is 0. The van der Waals surface area contributed by atoms with Crippen LogP contribution in [0.2, 0.25) is 0 Å². The van der Waals surface area contributed by atoms with E-state index < -0.39 is 0 Å². The van der Waals surface area contributed by atoms with Crippen LogP contribution in [-0.2, 0) is 11.2 Å². The zero-order chi connectivity index (χ0) is 12.3. The smallest absolute Gasteiger partial charge is 0.123 e. The predicted molar refractivity (Wildman–Crippen MR) is 68.0 cm³/mol. The van der Waals surface area contributed by atoms with Crippen molar-refractivity contribution in [1.82, 2.24) is 0 Å². The number of hydrogen-bond donors (Lipinski definition) is 0. The van der Waals surface area contributed by atoms with Gasteiger partial charge in [0.15, 0.2) is 0 Å². The second kappa shape index (κ2) is 5.36. The maximum absolute atomic E-state index is 13.1. The largest absolute Gasteiger partial charge is 0.381 e. The normalized spacial score (nSPS) is 19.2. The van der Waals surface area contributed by atoms with Crippen molar-refractivity contribution in [1.29, 1.82) is 0 Å². The Morgan fingerprint density at radius 3 is 2.65 bits per heavy atom. The summed E-state index contributed by atoms with van der Waals surface area (Å²) in [4.78, 5) is 0. The van der Waals surface area contributed by atoms with Crippen LogP contribution >= 0.6 is 11.6 Å². The van der Waals surface area contributed by atoms with Gasteiger partial charge in [-0.1, -0.05) is 6.07 Å². The molecule has 0 aromatic heterocycles. The van der Waals surface area contributed by atoms with E-state index in [2.05, 4.69) is 0 Å². The molecule has 3 heteroatoms. The van der Waals surface area contributed by atoms with Crippen molar-refractivity contribution in [2.24, 2.45) is 5.41 Å². The number of benzene rings is 1. The van der Waals surface area contributed by atoms with Crippen molar-refractivity contribution in [3.8, 4) is 0 Å². The Morgan fingerprint density at radius 2 is 2.06 bits per heavy atom. The summed E-state index contributed by atoms with van der Waals surface area (Å²) in [6, 6.07) is 5.01. The number of halogens is 2. The fourth-order valence-corrected chi connectivity index (χ4v) is 2.79. The molecule has 1 fully saturated rings. The van der Waals surface area contributed by atoms with E-state index in [-0.39, 0.29) is 11.2 Å². The highest BCUT2D eigenvalue weighted by atomic mass is 35.5. The standard InChI is InChI=1S/C14H18ClFO/c1-11-8-13(16)3-2-12(11)9-14(10-15)4-6-17-7-5-14/h2-3,8H,4-7,9-10H2,1H3. The first kappa shape index (κ1) is 12.8. The SMILES string of the molecule is Cc1cc(F)ccc1CC1(CCl)CCOCC1. The first-order chi connectivity index (χ1) is 8.15. The lowest BCUT2D eigenvalue weighted by molar-refractivity contribution is 0.0257. The summed E-state index contributed by atoms with van der Waals surface area (Å²) >= 11 is 6.14. The third-order valence-electron chi connectivity index (χ3n) is 3.71. The van der Waals surface area contributed by atoms with Gasteiger partial charge < -0.3 is 4.74 Å². The molecule has 0 aliphatic carbocycles. The van der Waals surface area contributed by atoms with Gasteiger partial charge in [-0.05, 0) is 54.9 Å². The molecule has 0 amide bonds. The average molecular weight is 257 g/mol. The van der Waals surface area contributed by atoms with Gasteiger partial charge in [0, 0.05) is 19.1 Å². The Hall–Kier alpha value is -0.600. The molecular weight excluding hydrogens is 239 g/mol. The van der Waals surface area contributed by atoms with Gasteiger partial charge in [0.1, 0.15) is 5.82 Å². The van der Waals surface area contributed by atoms with E-state index in [1.807, 2.05) is 13.0 Å². The lowest BCUT2D eigenvalue weighted by Gasteiger charge is -2.36. The van der Waals surface area contributed by atoms with Gasteiger partial charge in [-0.25, -0.2) is 4.39 Å². The monoisotopic (exact) mass is 256 g/mol. The Labute approximate surface area is 107 Å². The lowest BCUT2D eigenvalue weighted by atomic mass is 9.76. The zero-order valence-electron chi connectivity index (χ0n) is 10.1. The molecule has 0 atom stereocenters. The van der Waals surface area contributed by atoms with Crippen LogP contribution in [0.5, 0.6) is 0 Å². The number of hydrogen-bond acceptors (Lipinski definition) is 1. The molecule has 1 aromatic rings. The fourth-order valence-electron chi connectivity index (χ4n) is 2.42. The van der Waals surface area contributed by atoms with Gasteiger partial charge in [-0.15, -0.1) is 11.6 Å². The molecule has 2 rings (SSSR count). The molecule has 0 unspecified atom stereocenters. The minimum absolute atomic E-state index is 0.127. The topological polar surface area (TPSA) is 9.23 Å². The van der Waals surface area contributed by atoms with Crippen molar-refractivity contribution in [3.05, 3.63) is 35.1 Å². The van der Waals surface area contributed by atoms with Crippen molar-refractivity contribution < 1.29 is 9.13 Å². The van der Waals surface area contributed by atoms with Crippen molar-refractivity contribution in [2.75, 3.05) is 19.1 Å². The Balaban J connectivity index is 2.17. The molecule has 0 N–H and O–H groups in total. The third-order valence-corrected chi connectivity index (χ3v) is 4.27. The van der Waals surface area contributed by atoms with Gasteiger partial charge in [0.05, 0.1) is 0 Å². The van der Waals surface area contributed by atoms with E-state index in [9.17, 15) is 4.39 Å². The summed E-state index contributed by atoms with van der Waals surface area (Å²) in [5.41, 5.74) is 2.34. The number of alkyl halides is 1. The lowest BCUT2D eigenvalue weighted by Crippen LogP contribution is -2.33. The molecule has 0 spiro atoms. The zero-order valence-corrected chi connectivity index (χ0v) is 10.9. The van der Waals surface area contributed by atoms with Gasteiger partial charge in [-0.2, -0.15) is 0 Å². The van der Waals surface area contributed by atoms with E-state index in [1.54, 1.807) is 6.07 Å². The van der Waals surface area contributed by atoms with Crippen LogP contribution in [0.15, 0.2) is 18.2 Å². The molecule has 1 heterocycles. The van der Waals surface area contributed by atoms with Crippen LogP contribution in [0.25, 0.3) is 0 Å². The first-order valence-electron chi connectivity index (χ1n) is 6.04. The Kier molecular flexibility index (Phi) is 4.05. The minimum Gasteiger partial charge on any atom is -0.381 e. The summed E-state index contributed by atoms with van der Waals surface area (Å²) in [6.45, 7) is 3.53. The van der Waals surface area contributed by atoms with Gasteiger partial charge >= 0.3 is 0 Å². The number of rotatable bonds is 3. The van der Waals surface area contributed by atoms with Gasteiger partial charge in [0.25, 0.3) is 0 Å². The highest BCUT2D eigenvalue weighted by Crippen LogP contribution is 2.36. The van der Waals surface area contributed by atoms with E-state index >= 15 is 0 Å². The van der Waals surface area contributed by atoms with Crippen molar-refractivity contribution >= 4 is 11.6 Å². The summed E-state index contributed by atoms with van der Waals surface area (Å²) < 4.78 is 18.5. The van der Waals surface area contributed by atoms with E-state index in [0.29, 0.717) is 5.88 Å². The highest BCUT2D eigenvalue weighted by molar-refractivity contribution is 6.18. The molecular formula is C14H18ClFO. The molecule has 1 aliphatic rings. The van der Waals surface area contributed by atoms with E-state index in [1.165, 1.54) is 11.6 Å². The summed E-state index contributed by atoms with van der Waals surface area (Å²) in [5, 5.41) is 0. The van der Waals surface area contributed by atoms with Gasteiger partial charge in [0.2, 0.25) is 0 Å². The number of aryl methyl sites for hydroxylation is 1. The van der Waals surface area contributed by atoms with Crippen LogP contribution in [0.1, 0.15) is 24.0 Å². The summed E-state index contributed by atoms with van der Waals surface area (Å²) in [5.74, 6) is 0.478. The van der Waals surface area contributed by atoms with E-state index in [4.69, 9.17) is 16.3 Å². The quantitative estimate of drug-likeness (QED) is 0.749. The Bertz CT molecular complexity index is 386. The maximum Gasteiger partial charge on any atom is 0.123 e. The maximum atomic E-state index is 13.1. The van der Waals surface area contributed by atoms with Crippen LogP contribution < -0.4 is 0 Å². The predicted octanol–water partition coefficient (Wildman–Crippen LogP) is 3.71. The summed E-state index contributed by atoms with van der Waals surface area (Å²) in [6.07, 6.45) is 2.91. The molecule has 0 bridgehead atoms. The van der Waals surface area contributed by atoms with Crippen LogP contribution in [0, 0.1) is 18.2 Å². The molecule has 1 aliphatic heterocycles. The molecule has 0 radical (unpaired) electrons. The first-order valence-corrected chi connectivity index (χ1v) is 6.57. The Morgan fingerprint density at radius 1 is 1.35 bits per heavy atom. The average Bonchev–Trinajstić information content (AvgIpc) is 2.34. The van der Waals surface area contributed by atoms with E-state index in [0.717, 1.165) is 38.0 Å². The van der Waals surface area contributed by atoms with Gasteiger partial charge in [-0.3, -0.25) is 0 Å². The third kappa shape index (κ3) is 2.99. The second-order valence-electron chi connectivity index (χ2n) is 4.99. The molecule has 94 valence electrons. The van der Waals surface area contributed by atoms with Crippen LogP contribution in [0.3, 0.4) is 0 Å². The van der Waals surface area contributed by atoms with Crippen LogP contribution in [0.4, 0.5) is 4.39 Å². The molecule has 1 aromatic carbocycles. The molecule has 0 saturated carbocycles. The molecule has 1 nitrogen and oxygen atoms in total. The minimum atomic E-state index is -0.168. The second-order valence-corrected chi connectivity index (χ2v) is 5.26. The van der Waals surface area contributed by atoms with Crippen molar-refractivity contribution in [2.45, 2.75) is 26.2 Å².